The summed E-state index contributed by atoms with van der Waals surface area (Å²) in [6.45, 7) is 1.96. The van der Waals surface area contributed by atoms with E-state index in [-0.39, 0.29) is 33.6 Å². The molecule has 1 aliphatic heterocycles. The Kier molecular flexibility index (Phi) is 3.98. The lowest BCUT2D eigenvalue weighted by Crippen LogP contribution is -2.41. The molecule has 0 unspecified atom stereocenters. The average molecular weight is 392 g/mol. The number of fused-ring (bicyclic) bond motifs is 2. The summed E-state index contributed by atoms with van der Waals surface area (Å²) in [6.07, 6.45) is 2.69. The van der Waals surface area contributed by atoms with Crippen LogP contribution in [0.25, 0.3) is 0 Å². The summed E-state index contributed by atoms with van der Waals surface area (Å²) in [4.78, 5) is 14.8. The van der Waals surface area contributed by atoms with Crippen LogP contribution in [0.3, 0.4) is 0 Å². The summed E-state index contributed by atoms with van der Waals surface area (Å²) >= 11 is 0. The van der Waals surface area contributed by atoms with E-state index in [2.05, 4.69) is 0 Å². The van der Waals surface area contributed by atoms with E-state index >= 15 is 0 Å². The largest absolute Gasteiger partial charge is 0.448 e. The predicted molar refractivity (Wildman–Crippen MR) is 97.9 cm³/mol. The molecule has 144 valence electrons. The smallest absolute Gasteiger partial charge is 0.275 e. The monoisotopic (exact) mass is 392 g/mol. The van der Waals surface area contributed by atoms with E-state index < -0.39 is 10.0 Å². The van der Waals surface area contributed by atoms with Crippen LogP contribution in [0.15, 0.2) is 33.8 Å². The molecule has 1 fully saturated rings. The lowest BCUT2D eigenvalue weighted by Gasteiger charge is -2.39. The molecule has 6 nitrogen and oxygen atoms in total. The molecule has 2 aliphatic rings. The third-order valence-corrected chi connectivity index (χ3v) is 7.36. The van der Waals surface area contributed by atoms with Crippen molar-refractivity contribution in [2.24, 2.45) is 0 Å². The fourth-order valence-corrected chi connectivity index (χ4v) is 4.90. The maximum atomic E-state index is 14.5. The molecule has 1 aliphatic carbocycles. The Bertz CT molecular complexity index is 1040. The van der Waals surface area contributed by atoms with Crippen molar-refractivity contribution in [2.45, 2.75) is 36.7 Å². The van der Waals surface area contributed by atoms with Gasteiger partial charge in [-0.3, -0.25) is 4.79 Å². The van der Waals surface area contributed by atoms with E-state index in [0.29, 0.717) is 17.8 Å². The minimum absolute atomic E-state index is 0.182. The molecule has 0 radical (unpaired) electrons. The normalized spacial score (nSPS) is 18.0. The van der Waals surface area contributed by atoms with Crippen molar-refractivity contribution in [1.82, 2.24) is 4.31 Å². The maximum Gasteiger partial charge on any atom is 0.275 e. The number of rotatable bonds is 3. The summed E-state index contributed by atoms with van der Waals surface area (Å²) in [5.74, 6) is -0.428. The number of benzene rings is 1. The number of carbonyl (C=O) groups excluding carboxylic acids is 1. The van der Waals surface area contributed by atoms with Crippen molar-refractivity contribution in [3.8, 4) is 0 Å². The van der Waals surface area contributed by atoms with Gasteiger partial charge in [-0.15, -0.1) is 0 Å². The first-order chi connectivity index (χ1) is 12.7. The zero-order valence-electron chi connectivity index (χ0n) is 15.5. The molecule has 1 aromatic carbocycles. The van der Waals surface area contributed by atoms with E-state index in [1.807, 2.05) is 0 Å². The van der Waals surface area contributed by atoms with E-state index in [9.17, 15) is 17.6 Å². The van der Waals surface area contributed by atoms with Gasteiger partial charge in [-0.2, -0.15) is 0 Å². The van der Waals surface area contributed by atoms with E-state index in [1.165, 1.54) is 26.2 Å². The van der Waals surface area contributed by atoms with Crippen LogP contribution in [-0.4, -0.2) is 39.3 Å². The van der Waals surface area contributed by atoms with Crippen molar-refractivity contribution < 1.29 is 22.0 Å². The highest BCUT2D eigenvalue weighted by atomic mass is 32.2. The fourth-order valence-electron chi connectivity index (χ4n) is 4.04. The van der Waals surface area contributed by atoms with Crippen LogP contribution in [0.4, 0.5) is 10.1 Å². The second kappa shape index (κ2) is 5.90. The predicted octanol–water partition coefficient (Wildman–Crippen LogP) is 3.06. The molecule has 1 aromatic heterocycles. The van der Waals surface area contributed by atoms with E-state index in [4.69, 9.17) is 4.42 Å². The molecule has 1 spiro atoms. The van der Waals surface area contributed by atoms with Gasteiger partial charge >= 0.3 is 0 Å². The van der Waals surface area contributed by atoms with E-state index in [0.717, 1.165) is 23.6 Å². The molecule has 2 heterocycles. The highest BCUT2D eigenvalue weighted by Crippen LogP contribution is 2.53. The standard InChI is InChI=1S/C19H21FN2O4S/c1-12-13(10-16(26-12)27(24,25)21(2)3)18(23)22-11-19(8-5-9-19)17-14(20)6-4-7-15(17)22/h4,6-7,10H,5,8-9,11H2,1-3H3. The van der Waals surface area contributed by atoms with Gasteiger partial charge in [0.05, 0.1) is 11.3 Å². The first-order valence-electron chi connectivity index (χ1n) is 8.81. The number of amides is 1. The van der Waals surface area contributed by atoms with E-state index in [1.54, 1.807) is 24.0 Å². The minimum atomic E-state index is -3.78. The molecule has 1 saturated carbocycles. The Morgan fingerprint density at radius 3 is 2.59 bits per heavy atom. The molecule has 27 heavy (non-hydrogen) atoms. The molecule has 0 N–H and O–H groups in total. The first kappa shape index (κ1) is 18.2. The summed E-state index contributed by atoms with van der Waals surface area (Å²) in [5.41, 5.74) is 1.03. The summed E-state index contributed by atoms with van der Waals surface area (Å²) in [5, 5.41) is -0.273. The fraction of sp³-hybridized carbons (Fsp3) is 0.421. The van der Waals surface area contributed by atoms with Crippen LogP contribution < -0.4 is 4.90 Å². The van der Waals surface area contributed by atoms with Crippen LogP contribution in [0.2, 0.25) is 0 Å². The zero-order valence-corrected chi connectivity index (χ0v) is 16.3. The highest BCUT2D eigenvalue weighted by Gasteiger charge is 2.50. The molecule has 0 atom stereocenters. The van der Waals surface area contributed by atoms with Crippen molar-refractivity contribution in [2.75, 3.05) is 25.5 Å². The Morgan fingerprint density at radius 2 is 2.00 bits per heavy atom. The van der Waals surface area contributed by atoms with Gasteiger partial charge in [0.2, 0.25) is 5.09 Å². The molecule has 0 bridgehead atoms. The molecular weight excluding hydrogens is 371 g/mol. The second-order valence-corrected chi connectivity index (χ2v) is 9.56. The maximum absolute atomic E-state index is 14.5. The number of carbonyl (C=O) groups is 1. The molecule has 2 aromatic rings. The van der Waals surface area contributed by atoms with Gasteiger partial charge < -0.3 is 9.32 Å². The van der Waals surface area contributed by atoms with Crippen LogP contribution >= 0.6 is 0 Å². The van der Waals surface area contributed by atoms with Gasteiger partial charge in [0.1, 0.15) is 11.6 Å². The SMILES string of the molecule is Cc1oc(S(=O)(=O)N(C)C)cc1C(=O)N1CC2(CCC2)c2c(F)cccc21. The second-order valence-electron chi connectivity index (χ2n) is 7.48. The Labute approximate surface area is 157 Å². The number of anilines is 1. The van der Waals surface area contributed by atoms with Gasteiger partial charge in [-0.1, -0.05) is 12.5 Å². The van der Waals surface area contributed by atoms with Gasteiger partial charge in [0, 0.05) is 37.7 Å². The van der Waals surface area contributed by atoms with Crippen molar-refractivity contribution in [3.05, 3.63) is 47.0 Å². The summed E-state index contributed by atoms with van der Waals surface area (Å²) in [6, 6.07) is 6.03. The Hall–Kier alpha value is -2.19. The van der Waals surface area contributed by atoms with Gasteiger partial charge in [-0.25, -0.2) is 17.1 Å². The third kappa shape index (κ3) is 2.54. The van der Waals surface area contributed by atoms with Gasteiger partial charge in [0.15, 0.2) is 0 Å². The number of furan rings is 1. The Morgan fingerprint density at radius 1 is 1.30 bits per heavy atom. The van der Waals surface area contributed by atoms with Gasteiger partial charge in [-0.05, 0) is 31.9 Å². The molecule has 8 heteroatoms. The highest BCUT2D eigenvalue weighted by molar-refractivity contribution is 7.88. The minimum Gasteiger partial charge on any atom is -0.448 e. The van der Waals surface area contributed by atoms with Crippen LogP contribution in [0.1, 0.15) is 40.9 Å². The lowest BCUT2D eigenvalue weighted by atomic mass is 9.65. The van der Waals surface area contributed by atoms with Gasteiger partial charge in [0.25, 0.3) is 15.9 Å². The van der Waals surface area contributed by atoms with Crippen molar-refractivity contribution in [1.29, 1.82) is 0 Å². The zero-order chi connectivity index (χ0) is 19.6. The van der Waals surface area contributed by atoms with Crippen molar-refractivity contribution in [3.63, 3.8) is 0 Å². The first-order valence-corrected chi connectivity index (χ1v) is 10.3. The number of halogens is 1. The quantitative estimate of drug-likeness (QED) is 0.805. The molecule has 4 rings (SSSR count). The Balaban J connectivity index is 1.76. The van der Waals surface area contributed by atoms with Crippen molar-refractivity contribution >= 4 is 21.6 Å². The number of hydrogen-bond acceptors (Lipinski definition) is 4. The third-order valence-electron chi connectivity index (χ3n) is 5.69. The number of sulfonamides is 1. The average Bonchev–Trinajstić information content (AvgIpc) is 3.13. The number of hydrogen-bond donors (Lipinski definition) is 0. The molecular formula is C19H21FN2O4S. The number of nitrogens with zero attached hydrogens (tertiary/aromatic N) is 2. The summed E-state index contributed by atoms with van der Waals surface area (Å²) < 4.78 is 45.5. The lowest BCUT2D eigenvalue weighted by molar-refractivity contribution is 0.0977. The molecule has 0 saturated heterocycles. The topological polar surface area (TPSA) is 70.8 Å². The van der Waals surface area contributed by atoms with Crippen LogP contribution in [0.5, 0.6) is 0 Å². The van der Waals surface area contributed by atoms with Crippen LogP contribution in [-0.2, 0) is 15.4 Å². The summed E-state index contributed by atoms with van der Waals surface area (Å²) in [7, 11) is -0.989. The number of aryl methyl sites for hydroxylation is 1. The molecule has 1 amide bonds. The van der Waals surface area contributed by atoms with Crippen LogP contribution in [0, 0.1) is 12.7 Å².